The molecule has 10 heteroatoms. The van der Waals surface area contributed by atoms with Gasteiger partial charge < -0.3 is 32.2 Å². The molecule has 3 aliphatic rings. The van der Waals surface area contributed by atoms with E-state index < -0.39 is 6.17 Å². The van der Waals surface area contributed by atoms with Crippen molar-refractivity contribution in [2.45, 2.75) is 26.1 Å². The van der Waals surface area contributed by atoms with Gasteiger partial charge in [0.25, 0.3) is 0 Å². The monoisotopic (exact) mass is 498 g/mol. The summed E-state index contributed by atoms with van der Waals surface area (Å²) in [7, 11) is 1.98. The highest BCUT2D eigenvalue weighted by atomic mass is 19.1. The zero-order valence-electron chi connectivity index (χ0n) is 21.4. The first-order valence-electron chi connectivity index (χ1n) is 12.2. The molecular weight excluding hydrogens is 459 g/mol. The summed E-state index contributed by atoms with van der Waals surface area (Å²) in [6.45, 7) is 7.32. The number of nitrogens with one attached hydrogen (secondary N) is 1. The molecule has 3 aliphatic heterocycles. The number of hydrogen-bond donors (Lipinski definition) is 4. The molecule has 2 atom stereocenters. The highest BCUT2D eigenvalue weighted by Crippen LogP contribution is 2.25. The van der Waals surface area contributed by atoms with Crippen molar-refractivity contribution in [3.8, 4) is 0 Å². The number of nitrogens with two attached hydrogens (primary N) is 3. The van der Waals surface area contributed by atoms with E-state index in [0.717, 1.165) is 29.9 Å². The lowest BCUT2D eigenvalue weighted by Gasteiger charge is -2.34. The number of nitrogens with zero attached hydrogens (tertiary/aromatic N) is 4. The van der Waals surface area contributed by atoms with Crippen molar-refractivity contribution in [2.75, 3.05) is 46.4 Å². The fourth-order valence-electron chi connectivity index (χ4n) is 4.10. The van der Waals surface area contributed by atoms with Gasteiger partial charge in [0, 0.05) is 62.1 Å². The largest absolute Gasteiger partial charge is 0.404 e. The average molecular weight is 499 g/mol. The SMILES string of the molecule is CC(C)C(=C/N)/C=C(\N)N=C1C=CC2C(=CC(C(C=NCC(F)CN3CCOCC3)=CN)=CN2C)N1. The minimum atomic E-state index is -1.04. The first-order valence-corrected chi connectivity index (χ1v) is 12.2. The van der Waals surface area contributed by atoms with Crippen molar-refractivity contribution in [1.29, 1.82) is 0 Å². The molecule has 3 rings (SSSR count). The normalized spacial score (nSPS) is 24.1. The van der Waals surface area contributed by atoms with Crippen LogP contribution in [0.5, 0.6) is 0 Å². The number of rotatable bonds is 9. The van der Waals surface area contributed by atoms with Crippen LogP contribution < -0.4 is 22.5 Å². The van der Waals surface area contributed by atoms with Crippen molar-refractivity contribution in [1.82, 2.24) is 15.1 Å². The van der Waals surface area contributed by atoms with Crippen LogP contribution in [0, 0.1) is 5.92 Å². The minimum Gasteiger partial charge on any atom is -0.404 e. The smallest absolute Gasteiger partial charge is 0.132 e. The Hall–Kier alpha value is -3.37. The van der Waals surface area contributed by atoms with Crippen LogP contribution in [0.1, 0.15) is 13.8 Å². The summed E-state index contributed by atoms with van der Waals surface area (Å²) in [5, 5.41) is 3.35. The number of allylic oxidation sites excluding steroid dienone is 5. The van der Waals surface area contributed by atoms with Crippen molar-refractivity contribution >= 4 is 12.1 Å². The van der Waals surface area contributed by atoms with Crippen LogP contribution in [0.3, 0.4) is 0 Å². The first kappa shape index (κ1) is 27.2. The summed E-state index contributed by atoms with van der Waals surface area (Å²) in [5.41, 5.74) is 21.1. The minimum absolute atomic E-state index is 0.0211. The first-order chi connectivity index (χ1) is 17.3. The van der Waals surface area contributed by atoms with Crippen molar-refractivity contribution < 1.29 is 9.13 Å². The second-order valence-electron chi connectivity index (χ2n) is 9.29. The van der Waals surface area contributed by atoms with Crippen LogP contribution in [0.25, 0.3) is 0 Å². The highest BCUT2D eigenvalue weighted by molar-refractivity contribution is 5.97. The van der Waals surface area contributed by atoms with Crippen LogP contribution in [-0.2, 0) is 4.74 Å². The fraction of sp³-hybridized carbons (Fsp3) is 0.462. The van der Waals surface area contributed by atoms with Gasteiger partial charge in [0.1, 0.15) is 17.8 Å². The summed E-state index contributed by atoms with van der Waals surface area (Å²) >= 11 is 0. The molecule has 0 amide bonds. The Kier molecular flexibility index (Phi) is 9.89. The van der Waals surface area contributed by atoms with E-state index in [1.807, 2.05) is 45.3 Å². The number of hydrogen-bond acceptors (Lipinski definition) is 8. The molecule has 36 heavy (non-hydrogen) atoms. The quantitative estimate of drug-likeness (QED) is 0.280. The van der Waals surface area contributed by atoms with Crippen LogP contribution >= 0.6 is 0 Å². The lowest BCUT2D eigenvalue weighted by molar-refractivity contribution is 0.0279. The van der Waals surface area contributed by atoms with Gasteiger partial charge in [0.05, 0.1) is 25.8 Å². The Labute approximate surface area is 213 Å². The van der Waals surface area contributed by atoms with E-state index in [2.05, 4.69) is 25.1 Å². The second-order valence-corrected chi connectivity index (χ2v) is 9.29. The summed E-state index contributed by atoms with van der Waals surface area (Å²) in [5.74, 6) is 1.22. The number of amidine groups is 1. The topological polar surface area (TPSA) is 131 Å². The van der Waals surface area contributed by atoms with E-state index in [0.29, 0.717) is 37.0 Å². The Balaban J connectivity index is 1.67. The van der Waals surface area contributed by atoms with Gasteiger partial charge in [0.15, 0.2) is 0 Å². The zero-order chi connectivity index (χ0) is 26.1. The third kappa shape index (κ3) is 7.56. The van der Waals surface area contributed by atoms with E-state index in [4.69, 9.17) is 21.9 Å². The van der Waals surface area contributed by atoms with Gasteiger partial charge in [-0.25, -0.2) is 9.38 Å². The molecule has 0 bridgehead atoms. The van der Waals surface area contributed by atoms with Crippen LogP contribution in [0.4, 0.5) is 4.39 Å². The number of likely N-dealkylation sites (N-methyl/N-ethyl adjacent to an activating group) is 1. The molecule has 1 fully saturated rings. The van der Waals surface area contributed by atoms with E-state index in [1.54, 1.807) is 18.5 Å². The van der Waals surface area contributed by atoms with Crippen LogP contribution in [-0.4, -0.2) is 80.5 Å². The lowest BCUT2D eigenvalue weighted by atomic mass is 9.98. The summed E-state index contributed by atoms with van der Waals surface area (Å²) in [6, 6.07) is 0.0211. The van der Waals surface area contributed by atoms with E-state index in [1.165, 1.54) is 6.20 Å². The number of alkyl halides is 1. The van der Waals surface area contributed by atoms with Gasteiger partial charge >= 0.3 is 0 Å². The number of aliphatic imine (C=N–C) groups is 2. The van der Waals surface area contributed by atoms with Gasteiger partial charge in [0.2, 0.25) is 0 Å². The second kappa shape index (κ2) is 13.1. The summed E-state index contributed by atoms with van der Waals surface area (Å²) < 4.78 is 19.7. The Morgan fingerprint density at radius 3 is 2.69 bits per heavy atom. The van der Waals surface area contributed by atoms with Gasteiger partial charge in [-0.05, 0) is 35.9 Å². The predicted molar refractivity (Wildman–Crippen MR) is 145 cm³/mol. The van der Waals surface area contributed by atoms with Crippen molar-refractivity contribution in [2.24, 2.45) is 33.1 Å². The molecule has 0 aliphatic carbocycles. The summed E-state index contributed by atoms with van der Waals surface area (Å²) in [6.07, 6.45) is 13.3. The summed E-state index contributed by atoms with van der Waals surface area (Å²) in [4.78, 5) is 12.9. The van der Waals surface area contributed by atoms with E-state index in [9.17, 15) is 4.39 Å². The fourth-order valence-corrected chi connectivity index (χ4v) is 4.10. The third-order valence-corrected chi connectivity index (χ3v) is 6.15. The lowest BCUT2D eigenvalue weighted by Crippen LogP contribution is -2.41. The molecule has 9 nitrogen and oxygen atoms in total. The third-order valence-electron chi connectivity index (χ3n) is 6.15. The van der Waals surface area contributed by atoms with Gasteiger partial charge in [-0.1, -0.05) is 19.9 Å². The van der Waals surface area contributed by atoms with Crippen LogP contribution in [0.15, 0.2) is 81.1 Å². The molecule has 0 aromatic rings. The van der Waals surface area contributed by atoms with Gasteiger partial charge in [-0.3, -0.25) is 9.89 Å². The molecular formula is C26H39FN8O. The Bertz CT molecular complexity index is 1010. The predicted octanol–water partition coefficient (Wildman–Crippen LogP) is 1.51. The zero-order valence-corrected chi connectivity index (χ0v) is 21.4. The number of morpholine rings is 1. The van der Waals surface area contributed by atoms with Crippen LogP contribution in [0.2, 0.25) is 0 Å². The molecule has 2 unspecified atom stereocenters. The Morgan fingerprint density at radius 1 is 1.28 bits per heavy atom. The molecule has 0 spiro atoms. The maximum Gasteiger partial charge on any atom is 0.132 e. The average Bonchev–Trinajstić information content (AvgIpc) is 2.85. The highest BCUT2D eigenvalue weighted by Gasteiger charge is 2.25. The molecule has 0 aromatic carbocycles. The number of ether oxygens (including phenoxy) is 1. The molecule has 0 saturated carbocycles. The molecule has 0 aromatic heterocycles. The number of halogens is 1. The molecule has 7 N–H and O–H groups in total. The molecule has 1 saturated heterocycles. The Morgan fingerprint density at radius 2 is 2.03 bits per heavy atom. The maximum atomic E-state index is 14.4. The molecule has 196 valence electrons. The van der Waals surface area contributed by atoms with E-state index >= 15 is 0 Å². The van der Waals surface area contributed by atoms with Crippen molar-refractivity contribution in [3.63, 3.8) is 0 Å². The van der Waals surface area contributed by atoms with Gasteiger partial charge in [-0.15, -0.1) is 0 Å². The van der Waals surface area contributed by atoms with Gasteiger partial charge in [-0.2, -0.15) is 0 Å². The molecule has 0 radical (unpaired) electrons. The molecule has 3 heterocycles. The van der Waals surface area contributed by atoms with Crippen molar-refractivity contribution in [3.05, 3.63) is 71.1 Å². The number of fused-ring (bicyclic) bond motifs is 1. The standard InChI is InChI=1S/C26H39FN8O/c1-18(2)19(12-28)11-25(30)33-26-5-4-24-23(32-26)10-20(16-34(24)3)21(13-29)14-31-15-22(27)17-35-6-8-36-9-7-35/h4-5,10-14,16,18,22,24H,6-9,15,17,28-30H2,1-3H3,(H,32,33)/b19-12+,21-13?,25-11+,31-14?. The maximum absolute atomic E-state index is 14.4. The van der Waals surface area contributed by atoms with E-state index in [-0.39, 0.29) is 18.5 Å².